The number of carbonyl (C=O) groups excluding carboxylic acids is 3. The van der Waals surface area contributed by atoms with Gasteiger partial charge in [0.1, 0.15) is 24.4 Å². The van der Waals surface area contributed by atoms with Crippen molar-refractivity contribution in [3.05, 3.63) is 12.2 Å². The minimum absolute atomic E-state index is 0.142. The SMILES string of the molecule is CC(C)C(N)C(=O)OC(C)C1C/C=C\CCC(O)C(C)(C)C2CCC(C)C3(O2)O[B-]24OC(C(=O)O1)C1(OC(CCC1C)C(C)(C)C(O)CCCC1CC(OC(=O)C3O2)C(C)O1)O4. The fourth-order valence-electron chi connectivity index (χ4n) is 10.6. The number of rotatable bonds is 4. The van der Waals surface area contributed by atoms with Gasteiger partial charge in [0.25, 0.3) is 0 Å². The van der Waals surface area contributed by atoms with E-state index in [1.165, 1.54) is 0 Å². The van der Waals surface area contributed by atoms with Crippen LogP contribution < -0.4 is 5.73 Å². The van der Waals surface area contributed by atoms with Gasteiger partial charge in [-0.15, -0.1) is 0 Å². The molecule has 17 atom stereocenters. The molecule has 3 spiro atoms. The molecule has 0 radical (unpaired) electrons. The topological polar surface area (TPSA) is 210 Å². The van der Waals surface area contributed by atoms with E-state index < -0.39 is 126 Å². The quantitative estimate of drug-likeness (QED) is 0.149. The maximum absolute atomic E-state index is 15.0. The van der Waals surface area contributed by atoms with Crippen LogP contribution in [0.5, 0.6) is 0 Å². The van der Waals surface area contributed by atoms with E-state index in [2.05, 4.69) is 0 Å². The minimum atomic E-state index is -3.53. The maximum Gasteiger partial charge on any atom is 0.536 e. The van der Waals surface area contributed by atoms with Crippen LogP contribution in [0.2, 0.25) is 0 Å². The fraction of sp³-hybridized carbons (Fsp3) is 0.889. The van der Waals surface area contributed by atoms with Crippen LogP contribution in [-0.2, 0) is 61.4 Å². The molecule has 7 rings (SSSR count). The number of allylic oxidation sites excluding steroid dienone is 1. The van der Waals surface area contributed by atoms with Crippen molar-refractivity contribution in [1.82, 2.24) is 0 Å². The zero-order valence-electron chi connectivity index (χ0n) is 38.4. The third-order valence-corrected chi connectivity index (χ3v) is 15.5. The zero-order valence-corrected chi connectivity index (χ0v) is 38.4. The second-order valence-corrected chi connectivity index (χ2v) is 20.9. The Morgan fingerprint density at radius 3 is 1.90 bits per heavy atom. The number of carbonyl (C=O) groups is 3. The van der Waals surface area contributed by atoms with Crippen molar-refractivity contribution in [1.29, 1.82) is 0 Å². The van der Waals surface area contributed by atoms with Gasteiger partial charge in [0.05, 0.1) is 36.6 Å². The number of hydrogen-bond donors (Lipinski definition) is 3. The molecule has 9 bridgehead atoms. The zero-order chi connectivity index (χ0) is 45.2. The van der Waals surface area contributed by atoms with Crippen molar-refractivity contribution in [2.75, 3.05) is 0 Å². The number of hydrogen-bond acceptors (Lipinski definition) is 16. The molecule has 0 saturated carbocycles. The molecule has 17 unspecified atom stereocenters. The molecule has 0 aliphatic carbocycles. The summed E-state index contributed by atoms with van der Waals surface area (Å²) in [5, 5.41) is 23.6. The van der Waals surface area contributed by atoms with Crippen molar-refractivity contribution in [3.8, 4) is 0 Å². The molecule has 7 heterocycles. The first-order valence-corrected chi connectivity index (χ1v) is 23.3. The van der Waals surface area contributed by atoms with Crippen molar-refractivity contribution in [2.45, 2.75) is 225 Å². The monoisotopic (exact) mass is 879 g/mol. The Morgan fingerprint density at radius 1 is 0.790 bits per heavy atom. The number of ether oxygens (including phenoxy) is 6. The minimum Gasteiger partial charge on any atom is -0.504 e. The van der Waals surface area contributed by atoms with Gasteiger partial charge in [-0.25, -0.2) is 9.59 Å². The Balaban J connectivity index is 1.36. The van der Waals surface area contributed by atoms with Gasteiger partial charge in [0.15, 0.2) is 23.8 Å². The van der Waals surface area contributed by atoms with Crippen LogP contribution in [0.25, 0.3) is 0 Å². The highest BCUT2D eigenvalue weighted by atomic mass is 17.0. The number of cyclic esters (lactones) is 1. The summed E-state index contributed by atoms with van der Waals surface area (Å²) in [4.78, 5) is 42.9. The Kier molecular flexibility index (Phi) is 13.8. The number of aliphatic hydroxyl groups excluding tert-OH is 2. The average molecular weight is 879 g/mol. The van der Waals surface area contributed by atoms with Gasteiger partial charge in [0.2, 0.25) is 0 Å². The van der Waals surface area contributed by atoms with Crippen LogP contribution in [-0.4, -0.2) is 120 Å². The van der Waals surface area contributed by atoms with Crippen LogP contribution in [0.1, 0.15) is 140 Å². The lowest BCUT2D eigenvalue weighted by Gasteiger charge is -2.52. The van der Waals surface area contributed by atoms with Crippen LogP contribution >= 0.6 is 0 Å². The van der Waals surface area contributed by atoms with E-state index in [4.69, 9.17) is 52.8 Å². The summed E-state index contributed by atoms with van der Waals surface area (Å²) < 4.78 is 66.0. The lowest BCUT2D eigenvalue weighted by molar-refractivity contribution is -0.311. The van der Waals surface area contributed by atoms with Gasteiger partial charge in [0, 0.05) is 35.5 Å². The van der Waals surface area contributed by atoms with Crippen molar-refractivity contribution in [2.24, 2.45) is 34.3 Å². The van der Waals surface area contributed by atoms with E-state index in [0.29, 0.717) is 64.2 Å². The number of nitrogens with two attached hydrogens (primary N) is 1. The molecule has 0 amide bonds. The molecule has 6 saturated heterocycles. The lowest BCUT2D eigenvalue weighted by Crippen LogP contribution is -2.61. The van der Waals surface area contributed by atoms with Gasteiger partial charge in [-0.3, -0.25) is 4.79 Å². The molecule has 7 aliphatic rings. The number of fused-ring (bicyclic) bond motifs is 6. The Hall–Kier alpha value is -2.19. The first kappa shape index (κ1) is 47.8. The highest BCUT2D eigenvalue weighted by Crippen LogP contribution is 2.57. The molecular formula is C45H73BNO15-. The summed E-state index contributed by atoms with van der Waals surface area (Å²) in [7, 11) is 0. The number of aliphatic hydroxyl groups is 2. The third kappa shape index (κ3) is 8.78. The van der Waals surface area contributed by atoms with E-state index in [0.717, 1.165) is 0 Å². The van der Waals surface area contributed by atoms with Crippen LogP contribution in [0, 0.1) is 28.6 Å². The Morgan fingerprint density at radius 2 is 1.34 bits per heavy atom. The summed E-state index contributed by atoms with van der Waals surface area (Å²) in [5.41, 5.74) is 4.48. The second kappa shape index (κ2) is 17.9. The third-order valence-electron chi connectivity index (χ3n) is 15.5. The van der Waals surface area contributed by atoms with Crippen molar-refractivity contribution >= 4 is 24.9 Å². The summed E-state index contributed by atoms with van der Waals surface area (Å²) in [6.07, 6.45) is -0.362. The Bertz CT molecular complexity index is 1680. The fourth-order valence-corrected chi connectivity index (χ4v) is 10.6. The van der Waals surface area contributed by atoms with Gasteiger partial charge in [-0.05, 0) is 77.6 Å². The molecule has 62 heavy (non-hydrogen) atoms. The second-order valence-electron chi connectivity index (χ2n) is 20.9. The molecular weight excluding hydrogens is 805 g/mol. The van der Waals surface area contributed by atoms with Crippen LogP contribution in [0.3, 0.4) is 0 Å². The molecule has 6 fully saturated rings. The summed E-state index contributed by atoms with van der Waals surface area (Å²) in [6.45, 7) is 15.1. The van der Waals surface area contributed by atoms with Crippen molar-refractivity contribution in [3.63, 3.8) is 0 Å². The summed E-state index contributed by atoms with van der Waals surface area (Å²) in [5.74, 6) is -7.31. The predicted molar refractivity (Wildman–Crippen MR) is 223 cm³/mol. The van der Waals surface area contributed by atoms with Gasteiger partial charge < -0.3 is 63.0 Å². The van der Waals surface area contributed by atoms with E-state index in [1.54, 1.807) is 6.92 Å². The lowest BCUT2D eigenvalue weighted by atomic mass is 9.73. The maximum atomic E-state index is 15.0. The summed E-state index contributed by atoms with van der Waals surface area (Å²) >= 11 is 0. The largest absolute Gasteiger partial charge is 0.536 e. The molecule has 0 aromatic heterocycles. The van der Waals surface area contributed by atoms with Gasteiger partial charge >= 0.3 is 24.9 Å². The molecule has 17 heteroatoms. The van der Waals surface area contributed by atoms with Crippen molar-refractivity contribution < 1.29 is 71.6 Å². The van der Waals surface area contributed by atoms with Gasteiger partial charge in [-0.1, -0.05) is 67.5 Å². The molecule has 0 aromatic rings. The van der Waals surface area contributed by atoms with E-state index in [-0.39, 0.29) is 18.4 Å². The molecule has 16 nitrogen and oxygen atoms in total. The van der Waals surface area contributed by atoms with Gasteiger partial charge in [-0.2, -0.15) is 0 Å². The highest BCUT2D eigenvalue weighted by Gasteiger charge is 2.73. The molecule has 7 aliphatic heterocycles. The number of esters is 3. The van der Waals surface area contributed by atoms with Crippen LogP contribution in [0.4, 0.5) is 0 Å². The standard InChI is InChI=1S/C45H73BNO15/c1-24(2)36(47)39(50)54-27(5)30-16-12-11-13-17-32(48)42(7,8)34-21-19-26(4)45(57-34)38-41(52)56-31-23-29(53-28(31)6)15-14-18-33(49)43(9,10)35-22-20-25(3)44(58-35)37(40(51)55-30)59-46(60-38,61-44)62-45/h11-12,24-38,48-49H,13-23,47H2,1-10H3/q-1/b12-11-. The Labute approximate surface area is 366 Å². The van der Waals surface area contributed by atoms with E-state index in [1.807, 2.05) is 74.5 Å². The summed E-state index contributed by atoms with van der Waals surface area (Å²) in [6, 6.07) is -0.902. The normalized spacial score (nSPS) is 46.3. The molecule has 0 aromatic carbocycles. The average Bonchev–Trinajstić information content (AvgIpc) is 3.84. The molecule has 4 N–H and O–H groups in total. The highest BCUT2D eigenvalue weighted by molar-refractivity contribution is 6.56. The molecule has 352 valence electrons. The van der Waals surface area contributed by atoms with E-state index in [9.17, 15) is 19.8 Å². The van der Waals surface area contributed by atoms with E-state index >= 15 is 4.79 Å². The van der Waals surface area contributed by atoms with Crippen LogP contribution in [0.15, 0.2) is 12.2 Å². The first-order valence-electron chi connectivity index (χ1n) is 23.3. The predicted octanol–water partition coefficient (Wildman–Crippen LogP) is 4.89. The smallest absolute Gasteiger partial charge is 0.504 e. The first-order chi connectivity index (χ1) is 29.0.